The smallest absolute Gasteiger partial charge is 0.331 e. The Morgan fingerprint density at radius 2 is 2.00 bits per heavy atom. The third kappa shape index (κ3) is 2.18. The summed E-state index contributed by atoms with van der Waals surface area (Å²) in [6.45, 7) is -0.0290. The summed E-state index contributed by atoms with van der Waals surface area (Å²) < 4.78 is 9.19. The van der Waals surface area contributed by atoms with Gasteiger partial charge in [0.05, 0.1) is 7.11 Å². The molecule has 1 aliphatic rings. The molecule has 5 nitrogen and oxygen atoms in total. The van der Waals surface area contributed by atoms with E-state index in [1.54, 1.807) is 0 Å². The third-order valence-electron chi connectivity index (χ3n) is 1.98. The van der Waals surface area contributed by atoms with Crippen LogP contribution in [0, 0.1) is 0 Å². The van der Waals surface area contributed by atoms with Crippen LogP contribution in [-0.4, -0.2) is 38.2 Å². The van der Waals surface area contributed by atoms with E-state index in [1.165, 1.54) is 14.2 Å². The number of amides is 1. The zero-order chi connectivity index (χ0) is 9.90. The molecule has 1 aliphatic carbocycles. The molecule has 0 heterocycles. The van der Waals surface area contributed by atoms with Gasteiger partial charge in [0.2, 0.25) is 5.91 Å². The van der Waals surface area contributed by atoms with Gasteiger partial charge in [-0.2, -0.15) is 0 Å². The van der Waals surface area contributed by atoms with Crippen molar-refractivity contribution in [2.75, 3.05) is 20.8 Å². The monoisotopic (exact) mass is 187 g/mol. The molecular formula is C8H13NO4. The van der Waals surface area contributed by atoms with Crippen LogP contribution in [0.25, 0.3) is 0 Å². The number of carbonyl (C=O) groups is 2. The summed E-state index contributed by atoms with van der Waals surface area (Å²) >= 11 is 0. The van der Waals surface area contributed by atoms with Crippen LogP contribution in [0.1, 0.15) is 12.8 Å². The summed E-state index contributed by atoms with van der Waals surface area (Å²) in [5, 5.41) is 2.58. The van der Waals surface area contributed by atoms with Crippen LogP contribution in [0.15, 0.2) is 0 Å². The number of hydrogen-bond donors (Lipinski definition) is 1. The van der Waals surface area contributed by atoms with Crippen LogP contribution in [0.4, 0.5) is 0 Å². The molecule has 0 atom stereocenters. The van der Waals surface area contributed by atoms with Crippen LogP contribution in [0.5, 0.6) is 0 Å². The summed E-state index contributed by atoms with van der Waals surface area (Å²) in [5.41, 5.74) is -0.760. The van der Waals surface area contributed by atoms with Crippen molar-refractivity contribution in [1.82, 2.24) is 5.32 Å². The average Bonchev–Trinajstić information content (AvgIpc) is 2.85. The molecule has 1 amide bonds. The highest BCUT2D eigenvalue weighted by Gasteiger charge is 2.52. The topological polar surface area (TPSA) is 64.6 Å². The fourth-order valence-corrected chi connectivity index (χ4v) is 1.13. The van der Waals surface area contributed by atoms with Gasteiger partial charge in [0.25, 0.3) is 0 Å². The maximum absolute atomic E-state index is 11.2. The molecule has 0 aromatic rings. The van der Waals surface area contributed by atoms with Gasteiger partial charge in [-0.25, -0.2) is 4.79 Å². The summed E-state index contributed by atoms with van der Waals surface area (Å²) in [5.74, 6) is -0.664. The van der Waals surface area contributed by atoms with Crippen LogP contribution >= 0.6 is 0 Å². The maximum atomic E-state index is 11.2. The van der Waals surface area contributed by atoms with E-state index in [2.05, 4.69) is 14.8 Å². The summed E-state index contributed by atoms with van der Waals surface area (Å²) in [7, 11) is 2.74. The molecule has 0 radical (unpaired) electrons. The second-order valence-corrected chi connectivity index (χ2v) is 3.05. The van der Waals surface area contributed by atoms with E-state index >= 15 is 0 Å². The van der Waals surface area contributed by atoms with E-state index in [9.17, 15) is 9.59 Å². The minimum atomic E-state index is -0.760. The Labute approximate surface area is 76.4 Å². The number of carbonyl (C=O) groups excluding carboxylic acids is 2. The first-order valence-electron chi connectivity index (χ1n) is 4.03. The fraction of sp³-hybridized carbons (Fsp3) is 0.750. The molecule has 74 valence electrons. The molecule has 0 unspecified atom stereocenters. The van der Waals surface area contributed by atoms with E-state index in [-0.39, 0.29) is 18.5 Å². The second kappa shape index (κ2) is 3.74. The zero-order valence-electron chi connectivity index (χ0n) is 7.75. The second-order valence-electron chi connectivity index (χ2n) is 3.05. The lowest BCUT2D eigenvalue weighted by atomic mass is 10.3. The highest BCUT2D eigenvalue weighted by Crippen LogP contribution is 2.36. The van der Waals surface area contributed by atoms with Gasteiger partial charge in [0.1, 0.15) is 12.1 Å². The molecule has 1 rings (SSSR count). The van der Waals surface area contributed by atoms with Crippen molar-refractivity contribution >= 4 is 11.9 Å². The molecule has 13 heavy (non-hydrogen) atoms. The minimum absolute atomic E-state index is 0.0290. The fourth-order valence-electron chi connectivity index (χ4n) is 1.13. The van der Waals surface area contributed by atoms with Crippen molar-refractivity contribution in [1.29, 1.82) is 0 Å². The Hall–Kier alpha value is -1.10. The minimum Gasteiger partial charge on any atom is -0.467 e. The van der Waals surface area contributed by atoms with Crippen molar-refractivity contribution in [3.05, 3.63) is 0 Å². The molecular weight excluding hydrogens is 174 g/mol. The molecule has 0 aromatic carbocycles. The molecule has 0 aromatic heterocycles. The lowest BCUT2D eigenvalue weighted by molar-refractivity contribution is -0.146. The highest BCUT2D eigenvalue weighted by molar-refractivity contribution is 5.90. The Balaban J connectivity index is 2.43. The molecule has 1 fully saturated rings. The molecule has 1 saturated carbocycles. The van der Waals surface area contributed by atoms with E-state index in [0.29, 0.717) is 12.8 Å². The van der Waals surface area contributed by atoms with Gasteiger partial charge < -0.3 is 14.8 Å². The Kier molecular flexibility index (Phi) is 2.87. The third-order valence-corrected chi connectivity index (χ3v) is 1.98. The first-order chi connectivity index (χ1) is 6.14. The molecule has 0 bridgehead atoms. The van der Waals surface area contributed by atoms with Gasteiger partial charge in [0.15, 0.2) is 0 Å². The van der Waals surface area contributed by atoms with E-state index in [0.717, 1.165) is 0 Å². The van der Waals surface area contributed by atoms with Crippen molar-refractivity contribution in [3.63, 3.8) is 0 Å². The van der Waals surface area contributed by atoms with Crippen molar-refractivity contribution < 1.29 is 19.1 Å². The van der Waals surface area contributed by atoms with Crippen LogP contribution in [0.2, 0.25) is 0 Å². The standard InChI is InChI=1S/C8H13NO4/c1-12-5-6(10)9-8(3-4-8)7(11)13-2/h3-5H2,1-2H3,(H,9,10). The first kappa shape index (κ1) is 9.98. The average molecular weight is 187 g/mol. The van der Waals surface area contributed by atoms with E-state index in [4.69, 9.17) is 0 Å². The van der Waals surface area contributed by atoms with E-state index in [1.807, 2.05) is 0 Å². The summed E-state index contributed by atoms with van der Waals surface area (Å²) in [6.07, 6.45) is 1.30. The van der Waals surface area contributed by atoms with Gasteiger partial charge in [-0.15, -0.1) is 0 Å². The Morgan fingerprint density at radius 1 is 1.38 bits per heavy atom. The Morgan fingerprint density at radius 3 is 2.38 bits per heavy atom. The van der Waals surface area contributed by atoms with Gasteiger partial charge in [0, 0.05) is 7.11 Å². The highest BCUT2D eigenvalue weighted by atomic mass is 16.5. The van der Waals surface area contributed by atoms with Gasteiger partial charge >= 0.3 is 5.97 Å². The number of esters is 1. The van der Waals surface area contributed by atoms with E-state index < -0.39 is 5.54 Å². The molecule has 0 aliphatic heterocycles. The maximum Gasteiger partial charge on any atom is 0.331 e. The van der Waals surface area contributed by atoms with Crippen molar-refractivity contribution in [2.24, 2.45) is 0 Å². The van der Waals surface area contributed by atoms with Crippen molar-refractivity contribution in [3.8, 4) is 0 Å². The van der Waals surface area contributed by atoms with Crippen molar-refractivity contribution in [2.45, 2.75) is 18.4 Å². The summed E-state index contributed by atoms with van der Waals surface area (Å²) in [6, 6.07) is 0. The molecule has 5 heteroatoms. The molecule has 1 N–H and O–H groups in total. The number of ether oxygens (including phenoxy) is 2. The molecule has 0 spiro atoms. The van der Waals surface area contributed by atoms with Crippen LogP contribution in [-0.2, 0) is 19.1 Å². The SMILES string of the molecule is COCC(=O)NC1(C(=O)OC)CC1. The Bertz CT molecular complexity index is 222. The normalized spacial score (nSPS) is 17.7. The first-order valence-corrected chi connectivity index (χ1v) is 4.03. The predicted molar refractivity (Wildman–Crippen MR) is 44.0 cm³/mol. The zero-order valence-corrected chi connectivity index (χ0v) is 7.75. The van der Waals surface area contributed by atoms with Crippen LogP contribution in [0.3, 0.4) is 0 Å². The lowest BCUT2D eigenvalue weighted by Gasteiger charge is -2.13. The number of methoxy groups -OCH3 is 2. The lowest BCUT2D eigenvalue weighted by Crippen LogP contribution is -2.45. The summed E-state index contributed by atoms with van der Waals surface area (Å²) in [4.78, 5) is 22.2. The number of nitrogens with one attached hydrogen (secondary N) is 1. The van der Waals surface area contributed by atoms with Gasteiger partial charge in [-0.3, -0.25) is 4.79 Å². The van der Waals surface area contributed by atoms with Crippen LogP contribution < -0.4 is 5.32 Å². The predicted octanol–water partition coefficient (Wildman–Crippen LogP) is -0.545. The van der Waals surface area contributed by atoms with Gasteiger partial charge in [-0.05, 0) is 12.8 Å². The largest absolute Gasteiger partial charge is 0.467 e. The molecule has 0 saturated heterocycles. The number of rotatable bonds is 4. The number of hydrogen-bond acceptors (Lipinski definition) is 4. The van der Waals surface area contributed by atoms with Gasteiger partial charge in [-0.1, -0.05) is 0 Å². The quantitative estimate of drug-likeness (QED) is 0.600.